The van der Waals surface area contributed by atoms with Crippen LogP contribution in [0, 0.1) is 6.92 Å². The molecule has 0 spiro atoms. The van der Waals surface area contributed by atoms with E-state index in [1.807, 2.05) is 16.7 Å². The molecule has 0 aliphatic carbocycles. The highest BCUT2D eigenvalue weighted by Crippen LogP contribution is 2.28. The van der Waals surface area contributed by atoms with Crippen LogP contribution in [0.4, 0.5) is 0 Å². The zero-order valence-corrected chi connectivity index (χ0v) is 10.4. The van der Waals surface area contributed by atoms with Gasteiger partial charge in [0.15, 0.2) is 5.69 Å². The molecule has 2 rings (SSSR count). The smallest absolute Gasteiger partial charge is 0.276 e. The van der Waals surface area contributed by atoms with Gasteiger partial charge in [-0.2, -0.15) is 0 Å². The Kier molecular flexibility index (Phi) is 3.53. The van der Waals surface area contributed by atoms with E-state index in [0.717, 1.165) is 25.1 Å². The topological polar surface area (TPSA) is 46.3 Å². The van der Waals surface area contributed by atoms with Crippen molar-refractivity contribution in [1.29, 1.82) is 0 Å². The molecule has 0 bridgehead atoms. The Morgan fingerprint density at radius 3 is 3.19 bits per heavy atom. The monoisotopic (exact) mass is 240 g/mol. The lowest BCUT2D eigenvalue weighted by atomic mass is 10.2. The van der Waals surface area contributed by atoms with Gasteiger partial charge >= 0.3 is 0 Å². The average molecular weight is 240 g/mol. The summed E-state index contributed by atoms with van der Waals surface area (Å²) >= 11 is 1.85. The van der Waals surface area contributed by atoms with E-state index in [-0.39, 0.29) is 5.91 Å². The Morgan fingerprint density at radius 1 is 1.75 bits per heavy atom. The molecule has 2 heterocycles. The number of amides is 1. The highest BCUT2D eigenvalue weighted by Gasteiger charge is 2.30. The van der Waals surface area contributed by atoms with Crippen LogP contribution >= 0.6 is 11.8 Å². The standard InChI is InChI=1S/C11H16N2O2S/c1-3-4-10-13(5-6-16-10)11(14)9-7-8(2)15-12-9/h7,10H,3-6H2,1-2H3/t10-/m0/s1. The number of thioether (sulfide) groups is 1. The minimum atomic E-state index is 0.000278. The van der Waals surface area contributed by atoms with Gasteiger partial charge in [-0.3, -0.25) is 4.79 Å². The van der Waals surface area contributed by atoms with Gasteiger partial charge in [-0.05, 0) is 13.3 Å². The van der Waals surface area contributed by atoms with Gasteiger partial charge in [0, 0.05) is 18.4 Å². The normalized spacial score (nSPS) is 20.4. The zero-order valence-electron chi connectivity index (χ0n) is 9.60. The Bertz CT molecular complexity index is 378. The number of carbonyl (C=O) groups excluding carboxylic acids is 1. The van der Waals surface area contributed by atoms with Crippen LogP contribution in [0.15, 0.2) is 10.6 Å². The Balaban J connectivity index is 2.09. The van der Waals surface area contributed by atoms with Gasteiger partial charge in [-0.15, -0.1) is 11.8 Å². The van der Waals surface area contributed by atoms with Gasteiger partial charge in [0.05, 0.1) is 5.37 Å². The fraction of sp³-hybridized carbons (Fsp3) is 0.636. The third-order valence-corrected chi connectivity index (χ3v) is 3.93. The molecule has 0 radical (unpaired) electrons. The van der Waals surface area contributed by atoms with Crippen molar-refractivity contribution < 1.29 is 9.32 Å². The van der Waals surface area contributed by atoms with Crippen LogP contribution in [0.25, 0.3) is 0 Å². The average Bonchev–Trinajstić information content (AvgIpc) is 2.87. The predicted molar refractivity (Wildman–Crippen MR) is 63.4 cm³/mol. The fourth-order valence-electron chi connectivity index (χ4n) is 1.85. The van der Waals surface area contributed by atoms with E-state index in [2.05, 4.69) is 12.1 Å². The van der Waals surface area contributed by atoms with Crippen molar-refractivity contribution in [3.8, 4) is 0 Å². The molecule has 1 aliphatic heterocycles. The molecule has 0 N–H and O–H groups in total. The van der Waals surface area contributed by atoms with E-state index >= 15 is 0 Å². The molecule has 0 saturated carbocycles. The number of hydrogen-bond acceptors (Lipinski definition) is 4. The maximum Gasteiger partial charge on any atom is 0.276 e. The summed E-state index contributed by atoms with van der Waals surface area (Å²) < 4.78 is 4.94. The summed E-state index contributed by atoms with van der Waals surface area (Å²) in [5, 5.41) is 4.09. The first-order chi connectivity index (χ1) is 7.72. The largest absolute Gasteiger partial charge is 0.361 e. The Morgan fingerprint density at radius 2 is 2.56 bits per heavy atom. The van der Waals surface area contributed by atoms with Crippen molar-refractivity contribution in [3.63, 3.8) is 0 Å². The molecular weight excluding hydrogens is 224 g/mol. The number of hydrogen-bond donors (Lipinski definition) is 0. The summed E-state index contributed by atoms with van der Waals surface area (Å²) in [6, 6.07) is 1.70. The highest BCUT2D eigenvalue weighted by atomic mass is 32.2. The highest BCUT2D eigenvalue weighted by molar-refractivity contribution is 8.00. The quantitative estimate of drug-likeness (QED) is 0.813. The Labute approximate surface area is 99.4 Å². The Hall–Kier alpha value is -0.970. The lowest BCUT2D eigenvalue weighted by Gasteiger charge is -2.22. The number of nitrogens with zero attached hydrogens (tertiary/aromatic N) is 2. The fourth-order valence-corrected chi connectivity index (χ4v) is 3.21. The molecule has 1 aromatic heterocycles. The summed E-state index contributed by atoms with van der Waals surface area (Å²) in [4.78, 5) is 14.0. The second-order valence-corrected chi connectivity index (χ2v) is 5.22. The predicted octanol–water partition coefficient (Wildman–Crippen LogP) is 2.30. The van der Waals surface area contributed by atoms with E-state index in [0.29, 0.717) is 16.8 Å². The van der Waals surface area contributed by atoms with Crippen molar-refractivity contribution in [2.24, 2.45) is 0 Å². The number of aromatic nitrogens is 1. The maximum atomic E-state index is 12.1. The van der Waals surface area contributed by atoms with Gasteiger partial charge in [0.25, 0.3) is 5.91 Å². The van der Waals surface area contributed by atoms with Crippen LogP contribution in [0.2, 0.25) is 0 Å². The molecule has 5 heteroatoms. The number of carbonyl (C=O) groups is 1. The van der Waals surface area contributed by atoms with Crippen molar-refractivity contribution in [1.82, 2.24) is 10.1 Å². The zero-order chi connectivity index (χ0) is 11.5. The summed E-state index contributed by atoms with van der Waals surface area (Å²) in [7, 11) is 0. The van der Waals surface area contributed by atoms with Crippen LogP contribution in [-0.4, -0.2) is 33.6 Å². The molecule has 1 saturated heterocycles. The summed E-state index contributed by atoms with van der Waals surface area (Å²) in [6.45, 7) is 4.76. The molecule has 1 fully saturated rings. The molecule has 88 valence electrons. The van der Waals surface area contributed by atoms with E-state index in [1.165, 1.54) is 0 Å². The van der Waals surface area contributed by atoms with Gasteiger partial charge in [-0.25, -0.2) is 0 Å². The molecule has 0 aromatic carbocycles. The van der Waals surface area contributed by atoms with Crippen LogP contribution in [0.3, 0.4) is 0 Å². The maximum absolute atomic E-state index is 12.1. The molecule has 1 atom stereocenters. The second kappa shape index (κ2) is 4.91. The van der Waals surface area contributed by atoms with Crippen LogP contribution < -0.4 is 0 Å². The van der Waals surface area contributed by atoms with E-state index in [1.54, 1.807) is 13.0 Å². The molecular formula is C11H16N2O2S. The summed E-state index contributed by atoms with van der Waals surface area (Å²) in [6.07, 6.45) is 2.15. The SMILES string of the molecule is CCC[C@@H]1SCCN1C(=O)c1cc(C)on1. The number of aryl methyl sites for hydroxylation is 1. The second-order valence-electron chi connectivity index (χ2n) is 3.94. The van der Waals surface area contributed by atoms with Crippen molar-refractivity contribution >= 4 is 17.7 Å². The van der Waals surface area contributed by atoms with Crippen LogP contribution in [-0.2, 0) is 0 Å². The minimum Gasteiger partial charge on any atom is -0.361 e. The van der Waals surface area contributed by atoms with Crippen molar-refractivity contribution in [2.45, 2.75) is 32.1 Å². The van der Waals surface area contributed by atoms with E-state index in [4.69, 9.17) is 4.52 Å². The minimum absolute atomic E-state index is 0.000278. The first-order valence-electron chi connectivity index (χ1n) is 5.58. The summed E-state index contributed by atoms with van der Waals surface area (Å²) in [5.74, 6) is 1.70. The number of rotatable bonds is 3. The third kappa shape index (κ3) is 2.24. The van der Waals surface area contributed by atoms with E-state index < -0.39 is 0 Å². The molecule has 1 aliphatic rings. The van der Waals surface area contributed by atoms with Crippen molar-refractivity contribution in [3.05, 3.63) is 17.5 Å². The third-order valence-electron chi connectivity index (χ3n) is 2.63. The van der Waals surface area contributed by atoms with Gasteiger partial charge in [-0.1, -0.05) is 18.5 Å². The lowest BCUT2D eigenvalue weighted by molar-refractivity contribution is 0.0746. The molecule has 0 unspecified atom stereocenters. The van der Waals surface area contributed by atoms with Gasteiger partial charge in [0.1, 0.15) is 5.76 Å². The molecule has 1 aromatic rings. The van der Waals surface area contributed by atoms with E-state index in [9.17, 15) is 4.79 Å². The van der Waals surface area contributed by atoms with Crippen LogP contribution in [0.1, 0.15) is 36.0 Å². The molecule has 1 amide bonds. The first-order valence-corrected chi connectivity index (χ1v) is 6.63. The van der Waals surface area contributed by atoms with Crippen LogP contribution in [0.5, 0.6) is 0 Å². The first kappa shape index (κ1) is 11.5. The van der Waals surface area contributed by atoms with Gasteiger partial charge < -0.3 is 9.42 Å². The molecule has 4 nitrogen and oxygen atoms in total. The lowest BCUT2D eigenvalue weighted by Crippen LogP contribution is -2.34. The molecule has 16 heavy (non-hydrogen) atoms. The van der Waals surface area contributed by atoms with Crippen molar-refractivity contribution in [2.75, 3.05) is 12.3 Å². The summed E-state index contributed by atoms with van der Waals surface area (Å²) in [5.41, 5.74) is 0.432. The van der Waals surface area contributed by atoms with Gasteiger partial charge in [0.2, 0.25) is 0 Å².